The van der Waals surface area contributed by atoms with E-state index in [1.54, 1.807) is 18.3 Å². The summed E-state index contributed by atoms with van der Waals surface area (Å²) in [4.78, 5) is 15.7. The van der Waals surface area contributed by atoms with Crippen LogP contribution >= 0.6 is 15.9 Å². The molecule has 0 saturated heterocycles. The third-order valence-electron chi connectivity index (χ3n) is 2.89. The van der Waals surface area contributed by atoms with Crippen LogP contribution in [0.25, 0.3) is 0 Å². The first-order valence-electron chi connectivity index (χ1n) is 7.48. The van der Waals surface area contributed by atoms with Crippen LogP contribution < -0.4 is 0 Å². The number of hydrogen-bond donors (Lipinski definition) is 0. The van der Waals surface area contributed by atoms with E-state index >= 15 is 0 Å². The van der Waals surface area contributed by atoms with Gasteiger partial charge in [-0.2, -0.15) is 0 Å². The number of esters is 1. The van der Waals surface area contributed by atoms with E-state index in [1.807, 2.05) is 0 Å². The summed E-state index contributed by atoms with van der Waals surface area (Å²) in [6.45, 7) is 2.59. The number of carbonyl (C=O) groups excluding carboxylic acids is 1. The highest BCUT2D eigenvalue weighted by Crippen LogP contribution is 2.10. The summed E-state index contributed by atoms with van der Waals surface area (Å²) in [5, 5.41) is 0. The van der Waals surface area contributed by atoms with Crippen molar-refractivity contribution in [3.63, 3.8) is 0 Å². The number of carbonyl (C=O) groups is 1. The van der Waals surface area contributed by atoms with Gasteiger partial charge in [-0.05, 0) is 25.0 Å². The molecule has 0 spiro atoms. The van der Waals surface area contributed by atoms with Gasteiger partial charge in [0.1, 0.15) is 5.69 Å². The molecule has 1 heterocycles. The highest BCUT2D eigenvalue weighted by atomic mass is 79.9. The van der Waals surface area contributed by atoms with Crippen LogP contribution in [0, 0.1) is 11.8 Å². The second-order valence-electron chi connectivity index (χ2n) is 4.76. The van der Waals surface area contributed by atoms with Crippen LogP contribution in [0.5, 0.6) is 0 Å². The summed E-state index contributed by atoms with van der Waals surface area (Å²) in [6.07, 6.45) is 9.08. The van der Waals surface area contributed by atoms with Crippen molar-refractivity contribution in [1.29, 1.82) is 0 Å². The largest absolute Gasteiger partial charge is 0.461 e. The Morgan fingerprint density at radius 2 is 2.00 bits per heavy atom. The molecule has 0 saturated carbocycles. The molecule has 0 bridgehead atoms. The summed E-state index contributed by atoms with van der Waals surface area (Å²) >= 11 is 3.30. The van der Waals surface area contributed by atoms with Crippen molar-refractivity contribution in [3.8, 4) is 11.8 Å². The fraction of sp³-hybridized carbons (Fsp3) is 0.529. The lowest BCUT2D eigenvalue weighted by atomic mass is 10.1. The Bertz CT molecular complexity index is 491. The smallest absolute Gasteiger partial charge is 0.356 e. The zero-order valence-corrected chi connectivity index (χ0v) is 14.1. The molecule has 3 nitrogen and oxygen atoms in total. The van der Waals surface area contributed by atoms with Crippen LogP contribution in [0.4, 0.5) is 0 Å². The van der Waals surface area contributed by atoms with Gasteiger partial charge in [0.05, 0.1) is 6.61 Å². The molecule has 0 aliphatic heterocycles. The predicted octanol–water partition coefficient (Wildman–Crippen LogP) is 4.75. The molecule has 0 amide bonds. The van der Waals surface area contributed by atoms with Gasteiger partial charge < -0.3 is 4.74 Å². The van der Waals surface area contributed by atoms with E-state index in [1.165, 1.54) is 25.7 Å². The molecule has 0 aliphatic carbocycles. The van der Waals surface area contributed by atoms with Crippen LogP contribution in [0.3, 0.4) is 0 Å². The highest BCUT2D eigenvalue weighted by Gasteiger charge is 2.08. The third-order valence-corrected chi connectivity index (χ3v) is 3.38. The lowest BCUT2D eigenvalue weighted by molar-refractivity contribution is 0.0495. The van der Waals surface area contributed by atoms with E-state index in [0.717, 1.165) is 23.7 Å². The van der Waals surface area contributed by atoms with Gasteiger partial charge in [0.25, 0.3) is 0 Å². The minimum atomic E-state index is -0.385. The number of unbranched alkanes of at least 4 members (excludes halogenated alkanes) is 5. The van der Waals surface area contributed by atoms with Gasteiger partial charge in [-0.15, -0.1) is 11.8 Å². The van der Waals surface area contributed by atoms with Crippen molar-refractivity contribution in [2.24, 2.45) is 0 Å². The molecule has 114 valence electrons. The molecular weight excluding hydrogens is 330 g/mol. The van der Waals surface area contributed by atoms with Crippen LogP contribution in [-0.2, 0) is 4.74 Å². The van der Waals surface area contributed by atoms with Crippen LogP contribution in [0.15, 0.2) is 22.8 Å². The average Bonchev–Trinajstić information content (AvgIpc) is 2.49. The van der Waals surface area contributed by atoms with Crippen molar-refractivity contribution >= 4 is 21.9 Å². The van der Waals surface area contributed by atoms with Crippen molar-refractivity contribution in [1.82, 2.24) is 4.98 Å². The number of rotatable bonds is 8. The maximum Gasteiger partial charge on any atom is 0.356 e. The van der Waals surface area contributed by atoms with Crippen molar-refractivity contribution in [2.75, 3.05) is 6.61 Å². The van der Waals surface area contributed by atoms with E-state index in [2.05, 4.69) is 39.7 Å². The minimum absolute atomic E-state index is 0.325. The molecule has 0 aliphatic rings. The monoisotopic (exact) mass is 351 g/mol. The summed E-state index contributed by atoms with van der Waals surface area (Å²) in [5.74, 6) is 5.90. The van der Waals surface area contributed by atoms with Crippen LogP contribution in [0.2, 0.25) is 0 Å². The number of nitrogens with zero attached hydrogens (tertiary/aromatic N) is 1. The maximum absolute atomic E-state index is 11.7. The molecule has 21 heavy (non-hydrogen) atoms. The molecule has 0 unspecified atom stereocenters. The van der Waals surface area contributed by atoms with E-state index in [-0.39, 0.29) is 5.97 Å². The Morgan fingerprint density at radius 3 is 2.71 bits per heavy atom. The van der Waals surface area contributed by atoms with Gasteiger partial charge in [-0.25, -0.2) is 9.78 Å². The number of aromatic nitrogens is 1. The number of pyridine rings is 1. The number of halogens is 1. The first-order chi connectivity index (χ1) is 10.2. The van der Waals surface area contributed by atoms with Gasteiger partial charge in [-0.1, -0.05) is 42.1 Å². The molecule has 0 atom stereocenters. The third kappa shape index (κ3) is 8.52. The Morgan fingerprint density at radius 1 is 1.24 bits per heavy atom. The van der Waals surface area contributed by atoms with Crippen LogP contribution in [0.1, 0.15) is 62.4 Å². The normalized spacial score (nSPS) is 9.81. The predicted molar refractivity (Wildman–Crippen MR) is 88.0 cm³/mol. The topological polar surface area (TPSA) is 39.2 Å². The van der Waals surface area contributed by atoms with Gasteiger partial charge >= 0.3 is 5.97 Å². The van der Waals surface area contributed by atoms with Crippen molar-refractivity contribution < 1.29 is 9.53 Å². The van der Waals surface area contributed by atoms with Gasteiger partial charge in [0.2, 0.25) is 0 Å². The average molecular weight is 352 g/mol. The Labute approximate surface area is 135 Å². The summed E-state index contributed by atoms with van der Waals surface area (Å²) in [5.41, 5.74) is 0.325. The molecule has 0 radical (unpaired) electrons. The van der Waals surface area contributed by atoms with Crippen molar-refractivity contribution in [3.05, 3.63) is 28.5 Å². The summed E-state index contributed by atoms with van der Waals surface area (Å²) < 4.78 is 5.97. The molecule has 1 aromatic rings. The molecule has 0 fully saturated rings. The zero-order valence-electron chi connectivity index (χ0n) is 12.5. The van der Waals surface area contributed by atoms with Gasteiger partial charge in [0.15, 0.2) is 0 Å². The van der Waals surface area contributed by atoms with E-state index in [4.69, 9.17) is 4.74 Å². The molecule has 1 rings (SSSR count). The van der Waals surface area contributed by atoms with Gasteiger partial charge in [0, 0.05) is 23.5 Å². The first-order valence-corrected chi connectivity index (χ1v) is 8.27. The minimum Gasteiger partial charge on any atom is -0.461 e. The quantitative estimate of drug-likeness (QED) is 0.385. The molecule has 0 N–H and O–H groups in total. The Kier molecular flexibility index (Phi) is 9.56. The highest BCUT2D eigenvalue weighted by molar-refractivity contribution is 9.10. The SMILES string of the molecule is CCCCCCC#CCCCOC(=O)c1cc(Br)ccn1. The Balaban J connectivity index is 2.09. The summed E-state index contributed by atoms with van der Waals surface area (Å²) in [6, 6.07) is 3.42. The van der Waals surface area contributed by atoms with E-state index in [9.17, 15) is 4.79 Å². The molecule has 0 aromatic carbocycles. The zero-order chi connectivity index (χ0) is 15.3. The lowest BCUT2D eigenvalue weighted by Gasteiger charge is -2.02. The molecule has 4 heteroatoms. The second-order valence-corrected chi connectivity index (χ2v) is 5.68. The van der Waals surface area contributed by atoms with Crippen molar-refractivity contribution in [2.45, 2.75) is 51.9 Å². The fourth-order valence-electron chi connectivity index (χ4n) is 1.73. The summed E-state index contributed by atoms with van der Waals surface area (Å²) in [7, 11) is 0. The van der Waals surface area contributed by atoms with Gasteiger partial charge in [-0.3, -0.25) is 0 Å². The first kappa shape index (κ1) is 17.7. The number of ether oxygens (including phenoxy) is 1. The lowest BCUT2D eigenvalue weighted by Crippen LogP contribution is -2.08. The second kappa shape index (κ2) is 11.3. The molecule has 1 aromatic heterocycles. The number of hydrogen-bond acceptors (Lipinski definition) is 3. The van der Waals surface area contributed by atoms with E-state index in [0.29, 0.717) is 12.3 Å². The van der Waals surface area contributed by atoms with E-state index < -0.39 is 0 Å². The standard InChI is InChI=1S/C17H22BrNO2/c1-2-3-4-5-6-7-8-9-10-13-21-17(20)16-14-15(18)11-12-19-16/h11-12,14H,2-6,9-10,13H2,1H3. The fourth-order valence-corrected chi connectivity index (χ4v) is 2.07. The molecular formula is C17H22BrNO2. The Hall–Kier alpha value is -1.34. The van der Waals surface area contributed by atoms with Crippen LogP contribution in [-0.4, -0.2) is 17.6 Å². The maximum atomic E-state index is 11.7.